The van der Waals surface area contributed by atoms with Crippen LogP contribution in [0.2, 0.25) is 0 Å². The van der Waals surface area contributed by atoms with Crippen LogP contribution in [0.3, 0.4) is 0 Å². The van der Waals surface area contributed by atoms with E-state index in [0.29, 0.717) is 12.6 Å². The van der Waals surface area contributed by atoms with Crippen molar-refractivity contribution in [2.75, 3.05) is 56.7 Å². The Morgan fingerprint density at radius 2 is 1.77 bits per heavy atom. The third kappa shape index (κ3) is 6.14. The summed E-state index contributed by atoms with van der Waals surface area (Å²) >= 11 is 0. The molecular weight excluding hydrogens is 503 g/mol. The molecule has 40 heavy (non-hydrogen) atoms. The van der Waals surface area contributed by atoms with Crippen LogP contribution in [0.1, 0.15) is 62.6 Å². The maximum atomic E-state index is 13.8. The maximum absolute atomic E-state index is 13.8. The lowest BCUT2D eigenvalue weighted by molar-refractivity contribution is 0.254. The van der Waals surface area contributed by atoms with E-state index in [1.165, 1.54) is 68.2 Å². The zero-order valence-electron chi connectivity index (χ0n) is 23.9. The molecule has 0 radical (unpaired) electrons. The number of nitrogens with one attached hydrogen (secondary N) is 1. The van der Waals surface area contributed by atoms with E-state index < -0.39 is 0 Å². The van der Waals surface area contributed by atoms with Crippen LogP contribution < -0.4 is 19.7 Å². The van der Waals surface area contributed by atoms with Gasteiger partial charge in [-0.25, -0.2) is 4.39 Å². The summed E-state index contributed by atoms with van der Waals surface area (Å²) < 4.78 is 25.9. The van der Waals surface area contributed by atoms with Crippen LogP contribution in [0.15, 0.2) is 36.4 Å². The van der Waals surface area contributed by atoms with Gasteiger partial charge < -0.3 is 24.6 Å². The standard InChI is InChI=1S/C33H43FN4O2/c1-39-31-22-28-30(23-32(31)40-20-8-17-37-15-5-6-16-37)36-29-12-4-2-3-11-27(29)33(28)35-25-13-18-38(19-14-25)26-10-7-9-24(34)21-26/h7,9-10,21-23,25H,2-6,8,11-20H2,1H3,(H,35,36). The van der Waals surface area contributed by atoms with Crippen molar-refractivity contribution < 1.29 is 13.9 Å². The van der Waals surface area contributed by atoms with Gasteiger partial charge in [0.2, 0.25) is 0 Å². The smallest absolute Gasteiger partial charge is 0.163 e. The first-order chi connectivity index (χ1) is 19.7. The summed E-state index contributed by atoms with van der Waals surface area (Å²) in [6.07, 6.45) is 11.4. The highest BCUT2D eigenvalue weighted by Crippen LogP contribution is 2.40. The first-order valence-electron chi connectivity index (χ1n) is 15.3. The quantitative estimate of drug-likeness (QED) is 0.241. The number of hydrogen-bond donors (Lipinski definition) is 1. The molecule has 1 N–H and O–H groups in total. The molecule has 6 rings (SSSR count). The van der Waals surface area contributed by atoms with Gasteiger partial charge in [0.25, 0.3) is 0 Å². The molecule has 1 aromatic heterocycles. The second-order valence-electron chi connectivity index (χ2n) is 11.6. The molecule has 0 unspecified atom stereocenters. The summed E-state index contributed by atoms with van der Waals surface area (Å²) in [6, 6.07) is 11.5. The first kappa shape index (κ1) is 27.1. The largest absolute Gasteiger partial charge is 0.493 e. The first-order valence-corrected chi connectivity index (χ1v) is 15.3. The number of aromatic nitrogens is 1. The van der Waals surface area contributed by atoms with Gasteiger partial charge in [-0.3, -0.25) is 4.98 Å². The maximum Gasteiger partial charge on any atom is 0.163 e. The van der Waals surface area contributed by atoms with Gasteiger partial charge in [0, 0.05) is 54.2 Å². The van der Waals surface area contributed by atoms with Gasteiger partial charge in [-0.05, 0) is 101 Å². The van der Waals surface area contributed by atoms with Crippen LogP contribution in [0.5, 0.6) is 11.5 Å². The Hall–Kier alpha value is -3.06. The van der Waals surface area contributed by atoms with Crippen molar-refractivity contribution in [2.45, 2.75) is 70.3 Å². The topological polar surface area (TPSA) is 49.9 Å². The molecule has 2 aromatic carbocycles. The Morgan fingerprint density at radius 1 is 0.950 bits per heavy atom. The molecule has 2 saturated heterocycles. The molecule has 3 aliphatic rings. The van der Waals surface area contributed by atoms with Crippen LogP contribution >= 0.6 is 0 Å². The van der Waals surface area contributed by atoms with Crippen molar-refractivity contribution >= 4 is 22.3 Å². The van der Waals surface area contributed by atoms with E-state index in [1.807, 2.05) is 6.07 Å². The SMILES string of the molecule is COc1cc2c(NC3CCN(c4cccc(F)c4)CC3)c3c(nc2cc1OCCCN1CCCC1)CCCCC3. The highest BCUT2D eigenvalue weighted by Gasteiger charge is 2.24. The molecule has 3 heterocycles. The number of benzene rings is 2. The average Bonchev–Trinajstić information content (AvgIpc) is 3.39. The number of piperidine rings is 1. The lowest BCUT2D eigenvalue weighted by atomic mass is 9.98. The number of likely N-dealkylation sites (tertiary alicyclic amines) is 1. The molecule has 0 bridgehead atoms. The number of halogens is 1. The average molecular weight is 547 g/mol. The molecule has 0 amide bonds. The minimum absolute atomic E-state index is 0.174. The van der Waals surface area contributed by atoms with Crippen molar-refractivity contribution in [1.29, 1.82) is 0 Å². The van der Waals surface area contributed by atoms with E-state index >= 15 is 0 Å². The lowest BCUT2D eigenvalue weighted by Crippen LogP contribution is -2.39. The predicted molar refractivity (Wildman–Crippen MR) is 161 cm³/mol. The number of anilines is 2. The molecule has 0 atom stereocenters. The van der Waals surface area contributed by atoms with Crippen LogP contribution in [0.4, 0.5) is 15.8 Å². The van der Waals surface area contributed by atoms with Gasteiger partial charge in [-0.15, -0.1) is 0 Å². The summed E-state index contributed by atoms with van der Waals surface area (Å²) in [6.45, 7) is 6.02. The van der Waals surface area contributed by atoms with Gasteiger partial charge in [-0.2, -0.15) is 0 Å². The minimum atomic E-state index is -0.174. The minimum Gasteiger partial charge on any atom is -0.493 e. The fourth-order valence-electron chi connectivity index (χ4n) is 6.68. The number of pyridine rings is 1. The van der Waals surface area contributed by atoms with Crippen LogP contribution in [-0.4, -0.2) is 62.4 Å². The predicted octanol–water partition coefficient (Wildman–Crippen LogP) is 6.60. The Balaban J connectivity index is 1.22. The highest BCUT2D eigenvalue weighted by molar-refractivity contribution is 5.96. The van der Waals surface area contributed by atoms with Crippen LogP contribution in [0, 0.1) is 5.82 Å². The Morgan fingerprint density at radius 3 is 2.58 bits per heavy atom. The number of aryl methyl sites for hydroxylation is 1. The van der Waals surface area contributed by atoms with E-state index in [-0.39, 0.29) is 5.82 Å². The number of methoxy groups -OCH3 is 1. The summed E-state index contributed by atoms with van der Waals surface area (Å²) in [7, 11) is 1.73. The zero-order valence-corrected chi connectivity index (χ0v) is 23.9. The summed E-state index contributed by atoms with van der Waals surface area (Å²) in [5.41, 5.74) is 5.79. The number of hydrogen-bond acceptors (Lipinski definition) is 6. The van der Waals surface area contributed by atoms with Crippen LogP contribution in [0.25, 0.3) is 10.9 Å². The summed E-state index contributed by atoms with van der Waals surface area (Å²) in [5.74, 6) is 1.38. The van der Waals surface area contributed by atoms with E-state index in [9.17, 15) is 4.39 Å². The fraction of sp³-hybridized carbons (Fsp3) is 0.545. The second kappa shape index (κ2) is 12.6. The molecule has 0 saturated carbocycles. The summed E-state index contributed by atoms with van der Waals surface area (Å²) in [4.78, 5) is 10.0. The molecule has 6 nitrogen and oxygen atoms in total. The van der Waals surface area contributed by atoms with Crippen molar-refractivity contribution in [2.24, 2.45) is 0 Å². The monoisotopic (exact) mass is 546 g/mol. The second-order valence-corrected chi connectivity index (χ2v) is 11.6. The molecule has 3 aromatic rings. The molecule has 0 spiro atoms. The van der Waals surface area contributed by atoms with Crippen molar-refractivity contribution in [1.82, 2.24) is 9.88 Å². The van der Waals surface area contributed by atoms with Crippen molar-refractivity contribution in [3.05, 3.63) is 53.5 Å². The van der Waals surface area contributed by atoms with Crippen LogP contribution in [-0.2, 0) is 12.8 Å². The molecule has 214 valence electrons. The molecular formula is C33H43FN4O2. The number of rotatable bonds is 9. The molecule has 2 aliphatic heterocycles. The third-order valence-corrected chi connectivity index (χ3v) is 8.89. The summed E-state index contributed by atoms with van der Waals surface area (Å²) in [5, 5.41) is 5.09. The van der Waals surface area contributed by atoms with Crippen molar-refractivity contribution in [3.63, 3.8) is 0 Å². The lowest BCUT2D eigenvalue weighted by Gasteiger charge is -2.35. The van der Waals surface area contributed by atoms with Gasteiger partial charge in [-0.1, -0.05) is 12.5 Å². The van der Waals surface area contributed by atoms with E-state index in [2.05, 4.69) is 27.2 Å². The number of fused-ring (bicyclic) bond motifs is 2. The van der Waals surface area contributed by atoms with E-state index in [1.54, 1.807) is 19.2 Å². The number of ether oxygens (including phenoxy) is 2. The van der Waals surface area contributed by atoms with Crippen molar-refractivity contribution in [3.8, 4) is 11.5 Å². The molecule has 7 heteroatoms. The zero-order chi connectivity index (χ0) is 27.3. The third-order valence-electron chi connectivity index (χ3n) is 8.89. The highest BCUT2D eigenvalue weighted by atomic mass is 19.1. The van der Waals surface area contributed by atoms with E-state index in [4.69, 9.17) is 14.5 Å². The Labute approximate surface area is 237 Å². The molecule has 1 aliphatic carbocycles. The number of nitrogens with zero attached hydrogens (tertiary/aromatic N) is 3. The Bertz CT molecular complexity index is 1300. The van der Waals surface area contributed by atoms with Gasteiger partial charge >= 0.3 is 0 Å². The van der Waals surface area contributed by atoms with Gasteiger partial charge in [0.1, 0.15) is 5.82 Å². The van der Waals surface area contributed by atoms with E-state index in [0.717, 1.165) is 79.8 Å². The Kier molecular flexibility index (Phi) is 8.57. The van der Waals surface area contributed by atoms with Gasteiger partial charge in [0.05, 0.1) is 19.2 Å². The fourth-order valence-corrected chi connectivity index (χ4v) is 6.68. The molecule has 2 fully saturated rings. The van der Waals surface area contributed by atoms with Gasteiger partial charge in [0.15, 0.2) is 11.5 Å². The normalized spacial score (nSPS) is 18.5.